The van der Waals surface area contributed by atoms with Gasteiger partial charge in [0.2, 0.25) is 6.08 Å². The molecule has 0 unspecified atom stereocenters. The molecule has 0 heterocycles. The molecule has 0 aliphatic rings. The van der Waals surface area contributed by atoms with Crippen molar-refractivity contribution in [3.63, 3.8) is 0 Å². The predicted octanol–water partition coefficient (Wildman–Crippen LogP) is 1.36. The molecule has 44 valence electrons. The molecule has 0 saturated carbocycles. The second-order valence-electron chi connectivity index (χ2n) is 0.719. The number of halogens is 2. The molecule has 0 atom stereocenters. The Bertz CT molecular complexity index is 139. The summed E-state index contributed by atoms with van der Waals surface area (Å²) >= 11 is 5.34. The number of isocyanates is 1. The molecule has 0 rings (SSSR count). The van der Waals surface area contributed by atoms with Gasteiger partial charge in [-0.25, -0.2) is 9.59 Å². The lowest BCUT2D eigenvalue weighted by Crippen LogP contribution is -2.02. The quantitative estimate of drug-likeness (QED) is 0.367. The van der Waals surface area contributed by atoms with Crippen LogP contribution in [0.4, 0.5) is 4.79 Å². The number of carbonyl (C=O) groups is 1. The molecule has 0 aromatic rings. The van der Waals surface area contributed by atoms with Gasteiger partial charge in [-0.05, 0) is 0 Å². The maximum absolute atomic E-state index is 10.1. The van der Waals surface area contributed by atoms with Gasteiger partial charge in [0.25, 0.3) is 0 Å². The van der Waals surface area contributed by atoms with Crippen LogP contribution in [0, 0.1) is 0 Å². The number of aliphatic imine (C=N–C) groups is 1. The lowest BCUT2D eigenvalue weighted by Gasteiger charge is -1.93. The van der Waals surface area contributed by atoms with Crippen LogP contribution in [0.25, 0.3) is 0 Å². The van der Waals surface area contributed by atoms with Gasteiger partial charge < -0.3 is 0 Å². The van der Waals surface area contributed by atoms with Crippen LogP contribution in [0.15, 0.2) is 4.99 Å². The van der Waals surface area contributed by atoms with Crippen LogP contribution in [-0.4, -0.2) is 15.1 Å². The van der Waals surface area contributed by atoms with Crippen molar-refractivity contribution in [2.75, 3.05) is 0 Å². The highest BCUT2D eigenvalue weighted by atomic mass is 79.9. The summed E-state index contributed by atoms with van der Waals surface area (Å²) in [4.78, 5) is 22.2. The Labute approximate surface area is 62.2 Å². The first-order valence-corrected chi connectivity index (χ1v) is 2.84. The Kier molecular flexibility index (Phi) is 3.68. The lowest BCUT2D eigenvalue weighted by molar-refractivity contribution is 0.248. The van der Waals surface area contributed by atoms with Crippen molar-refractivity contribution >= 4 is 44.4 Å². The molecule has 0 radical (unpaired) electrons. The molecule has 0 saturated heterocycles. The van der Waals surface area contributed by atoms with E-state index in [1.165, 1.54) is 0 Å². The van der Waals surface area contributed by atoms with Crippen LogP contribution in [0.3, 0.4) is 0 Å². The van der Waals surface area contributed by atoms with Crippen LogP contribution >= 0.6 is 32.3 Å². The zero-order valence-corrected chi connectivity index (χ0v) is 6.64. The van der Waals surface area contributed by atoms with Crippen molar-refractivity contribution in [3.05, 3.63) is 0 Å². The number of amides is 2. The molecule has 0 aromatic carbocycles. The maximum Gasteiger partial charge on any atom is 0.374 e. The smallest absolute Gasteiger partial charge is 0.243 e. The molecular formula is C2Br2N2O2. The Morgan fingerprint density at radius 3 is 2.25 bits per heavy atom. The zero-order valence-electron chi connectivity index (χ0n) is 3.47. The lowest BCUT2D eigenvalue weighted by atomic mass is 11.1. The van der Waals surface area contributed by atoms with Gasteiger partial charge in [0.05, 0.1) is 32.3 Å². The van der Waals surface area contributed by atoms with E-state index >= 15 is 0 Å². The minimum atomic E-state index is -0.750. The average molecular weight is 244 g/mol. The van der Waals surface area contributed by atoms with Crippen LogP contribution < -0.4 is 0 Å². The van der Waals surface area contributed by atoms with Gasteiger partial charge in [-0.3, -0.25) is 0 Å². The number of carbonyl (C=O) groups excluding carboxylic acids is 2. The highest BCUT2D eigenvalue weighted by Gasteiger charge is 2.01. The number of nitrogens with zero attached hydrogens (tertiary/aromatic N) is 2. The Morgan fingerprint density at radius 1 is 1.62 bits per heavy atom. The van der Waals surface area contributed by atoms with Gasteiger partial charge in [0.15, 0.2) is 0 Å². The van der Waals surface area contributed by atoms with Gasteiger partial charge in [0.1, 0.15) is 0 Å². The molecule has 0 N–H and O–H groups in total. The summed E-state index contributed by atoms with van der Waals surface area (Å²) in [5.74, 6) is 0. The van der Waals surface area contributed by atoms with E-state index in [4.69, 9.17) is 0 Å². The molecule has 0 fully saturated rings. The van der Waals surface area contributed by atoms with Crippen molar-refractivity contribution in [2.45, 2.75) is 0 Å². The minimum Gasteiger partial charge on any atom is -0.243 e. The fraction of sp³-hybridized carbons (Fsp3) is 0. The monoisotopic (exact) mass is 242 g/mol. The molecule has 4 nitrogen and oxygen atoms in total. The minimum absolute atomic E-state index is 0.750. The van der Waals surface area contributed by atoms with E-state index < -0.39 is 6.03 Å². The standard InChI is InChI=1S/C2Br2N2O2/c3-6(4)2(8)5-1-7. The average Bonchev–Trinajstić information content (AvgIpc) is 1.67. The third-order valence-corrected chi connectivity index (χ3v) is 0.893. The first kappa shape index (κ1) is 7.81. The molecule has 0 spiro atoms. The van der Waals surface area contributed by atoms with E-state index in [-0.39, 0.29) is 0 Å². The zero-order chi connectivity index (χ0) is 6.57. The molecular weight excluding hydrogens is 244 g/mol. The van der Waals surface area contributed by atoms with E-state index in [9.17, 15) is 9.59 Å². The Hall–Kier alpha value is -0.190. The predicted molar refractivity (Wildman–Crippen MR) is 33.2 cm³/mol. The molecule has 0 bridgehead atoms. The van der Waals surface area contributed by atoms with Crippen LogP contribution in [0.2, 0.25) is 0 Å². The maximum atomic E-state index is 10.1. The van der Waals surface area contributed by atoms with Crippen molar-refractivity contribution in [1.29, 1.82) is 0 Å². The van der Waals surface area contributed by atoms with Crippen LogP contribution in [0.5, 0.6) is 0 Å². The molecule has 8 heavy (non-hydrogen) atoms. The second-order valence-corrected chi connectivity index (χ2v) is 3.09. The first-order chi connectivity index (χ1) is 3.68. The number of urea groups is 1. The van der Waals surface area contributed by atoms with E-state index in [0.29, 0.717) is 0 Å². The van der Waals surface area contributed by atoms with Crippen molar-refractivity contribution in [3.8, 4) is 0 Å². The highest BCUT2D eigenvalue weighted by Crippen LogP contribution is 2.06. The molecule has 0 aliphatic heterocycles. The van der Waals surface area contributed by atoms with Gasteiger partial charge in [0, 0.05) is 0 Å². The molecule has 6 heteroatoms. The summed E-state index contributed by atoms with van der Waals surface area (Å²) < 4.78 is 0.810. The van der Waals surface area contributed by atoms with Crippen molar-refractivity contribution < 1.29 is 9.59 Å². The molecule has 0 aliphatic carbocycles. The molecule has 2 amide bonds. The Morgan fingerprint density at radius 2 is 2.12 bits per heavy atom. The van der Waals surface area contributed by atoms with Crippen LogP contribution in [-0.2, 0) is 4.79 Å². The van der Waals surface area contributed by atoms with E-state index in [1.807, 2.05) is 0 Å². The van der Waals surface area contributed by atoms with Crippen LogP contribution in [0.1, 0.15) is 0 Å². The largest absolute Gasteiger partial charge is 0.374 e. The fourth-order valence-corrected chi connectivity index (χ4v) is 0.235. The summed E-state index contributed by atoms with van der Waals surface area (Å²) in [6, 6.07) is -0.750. The van der Waals surface area contributed by atoms with Crippen molar-refractivity contribution in [2.24, 2.45) is 4.99 Å². The summed E-state index contributed by atoms with van der Waals surface area (Å²) in [5.41, 5.74) is 0. The van der Waals surface area contributed by atoms with Gasteiger partial charge in [-0.15, -0.1) is 4.99 Å². The Balaban J connectivity index is 3.84. The normalized spacial score (nSPS) is 7.25. The van der Waals surface area contributed by atoms with E-state index in [2.05, 4.69) is 37.3 Å². The third kappa shape index (κ3) is 2.90. The number of hydrogen-bond donors (Lipinski definition) is 0. The van der Waals surface area contributed by atoms with E-state index in [0.717, 1.165) is 9.03 Å². The van der Waals surface area contributed by atoms with Crippen molar-refractivity contribution in [1.82, 2.24) is 2.95 Å². The SMILES string of the molecule is O=C=NC(=O)N(Br)Br. The van der Waals surface area contributed by atoms with Gasteiger partial charge in [-0.1, -0.05) is 0 Å². The fourth-order valence-electron chi connectivity index (χ4n) is 0.0768. The second kappa shape index (κ2) is 3.77. The topological polar surface area (TPSA) is 49.7 Å². The molecule has 0 aromatic heterocycles. The summed E-state index contributed by atoms with van der Waals surface area (Å²) in [7, 11) is 0. The third-order valence-electron chi connectivity index (χ3n) is 0.286. The van der Waals surface area contributed by atoms with E-state index in [1.54, 1.807) is 0 Å². The van der Waals surface area contributed by atoms with Gasteiger partial charge in [-0.2, -0.15) is 2.95 Å². The number of rotatable bonds is 0. The summed E-state index contributed by atoms with van der Waals surface area (Å²) in [6.45, 7) is 0. The number of hydrogen-bond acceptors (Lipinski definition) is 2. The highest BCUT2D eigenvalue weighted by molar-refractivity contribution is 9.21. The summed E-state index contributed by atoms with van der Waals surface area (Å²) in [5, 5.41) is 0. The summed E-state index contributed by atoms with van der Waals surface area (Å²) in [6.07, 6.45) is 1.07. The van der Waals surface area contributed by atoms with Gasteiger partial charge >= 0.3 is 6.03 Å². The first-order valence-electron chi connectivity index (χ1n) is 1.42.